The van der Waals surface area contributed by atoms with E-state index in [0.717, 1.165) is 24.1 Å². The Morgan fingerprint density at radius 1 is 1.22 bits per heavy atom. The Hall–Kier alpha value is -2.76. The molecular formula is C21H25NO5. The fourth-order valence-electron chi connectivity index (χ4n) is 3.83. The zero-order valence-corrected chi connectivity index (χ0v) is 16.2. The summed E-state index contributed by atoms with van der Waals surface area (Å²) in [6, 6.07) is 5.43. The molecule has 1 aliphatic carbocycles. The molecule has 1 atom stereocenters. The van der Waals surface area contributed by atoms with Crippen molar-refractivity contribution in [1.29, 1.82) is 0 Å². The van der Waals surface area contributed by atoms with Crippen molar-refractivity contribution in [2.75, 3.05) is 20.8 Å². The molecule has 0 saturated carbocycles. The van der Waals surface area contributed by atoms with Gasteiger partial charge in [0.05, 0.1) is 32.3 Å². The van der Waals surface area contributed by atoms with Gasteiger partial charge in [0, 0.05) is 35.0 Å². The van der Waals surface area contributed by atoms with Crippen LogP contribution in [0, 0.1) is 0 Å². The predicted octanol–water partition coefficient (Wildman–Crippen LogP) is 3.23. The molecular weight excluding hydrogens is 346 g/mol. The zero-order valence-electron chi connectivity index (χ0n) is 16.2. The molecule has 1 heterocycles. The molecule has 0 bridgehead atoms. The number of hydrogen-bond acceptors (Lipinski definition) is 6. The highest BCUT2D eigenvalue weighted by molar-refractivity contribution is 6.04. The lowest BCUT2D eigenvalue weighted by molar-refractivity contribution is -0.138. The van der Waals surface area contributed by atoms with Crippen molar-refractivity contribution in [2.45, 2.75) is 39.0 Å². The molecule has 144 valence electrons. The number of carbonyl (C=O) groups is 2. The largest absolute Gasteiger partial charge is 0.497 e. The van der Waals surface area contributed by atoms with Crippen molar-refractivity contribution in [3.05, 3.63) is 46.3 Å². The van der Waals surface area contributed by atoms with Crippen LogP contribution in [-0.4, -0.2) is 32.6 Å². The Morgan fingerprint density at radius 2 is 2.00 bits per heavy atom. The third-order valence-corrected chi connectivity index (χ3v) is 5.02. The second-order valence-electron chi connectivity index (χ2n) is 6.59. The van der Waals surface area contributed by atoms with Gasteiger partial charge in [0.2, 0.25) is 0 Å². The number of methoxy groups -OCH3 is 2. The second kappa shape index (κ2) is 7.86. The molecule has 0 saturated heterocycles. The average Bonchev–Trinajstić information content (AvgIpc) is 2.66. The Balaban J connectivity index is 2.21. The number of hydrogen-bond donors (Lipinski definition) is 1. The number of allylic oxidation sites excluding steroid dienone is 3. The van der Waals surface area contributed by atoms with Crippen LogP contribution >= 0.6 is 0 Å². The topological polar surface area (TPSA) is 73.9 Å². The molecule has 0 aromatic heterocycles. The van der Waals surface area contributed by atoms with Gasteiger partial charge in [0.15, 0.2) is 5.78 Å². The molecule has 1 aromatic carbocycles. The maximum atomic E-state index is 12.8. The van der Waals surface area contributed by atoms with Gasteiger partial charge < -0.3 is 19.5 Å². The lowest BCUT2D eigenvalue weighted by Crippen LogP contribution is -2.34. The lowest BCUT2D eigenvalue weighted by Gasteiger charge is -2.34. The summed E-state index contributed by atoms with van der Waals surface area (Å²) >= 11 is 0. The van der Waals surface area contributed by atoms with Crippen molar-refractivity contribution >= 4 is 11.8 Å². The predicted molar refractivity (Wildman–Crippen MR) is 101 cm³/mol. The maximum Gasteiger partial charge on any atom is 0.336 e. The van der Waals surface area contributed by atoms with Gasteiger partial charge in [0.25, 0.3) is 0 Å². The standard InChI is InChI=1S/C21H25NO5/c1-5-27-21(24)18-12(2)22-15-7-6-8-16(23)20(15)19(18)14-10-9-13(25-3)11-17(14)26-4/h9-11,19,22H,5-8H2,1-4H3/t19-/m1/s1. The maximum absolute atomic E-state index is 12.8. The first-order valence-corrected chi connectivity index (χ1v) is 9.14. The lowest BCUT2D eigenvalue weighted by atomic mass is 9.75. The smallest absolute Gasteiger partial charge is 0.336 e. The number of nitrogens with one attached hydrogen (secondary N) is 1. The van der Waals surface area contributed by atoms with E-state index in [1.54, 1.807) is 27.2 Å². The van der Waals surface area contributed by atoms with Gasteiger partial charge in [-0.25, -0.2) is 4.79 Å². The van der Waals surface area contributed by atoms with Crippen LogP contribution in [0.3, 0.4) is 0 Å². The van der Waals surface area contributed by atoms with Gasteiger partial charge in [-0.3, -0.25) is 4.79 Å². The van der Waals surface area contributed by atoms with E-state index < -0.39 is 11.9 Å². The fourth-order valence-corrected chi connectivity index (χ4v) is 3.83. The quantitative estimate of drug-likeness (QED) is 0.801. The third-order valence-electron chi connectivity index (χ3n) is 5.02. The molecule has 6 heteroatoms. The van der Waals surface area contributed by atoms with E-state index in [9.17, 15) is 9.59 Å². The molecule has 6 nitrogen and oxygen atoms in total. The minimum absolute atomic E-state index is 0.0564. The molecule has 1 aromatic rings. The highest BCUT2D eigenvalue weighted by Crippen LogP contribution is 2.45. The molecule has 2 aliphatic rings. The highest BCUT2D eigenvalue weighted by atomic mass is 16.5. The third kappa shape index (κ3) is 3.44. The number of Topliss-reactive ketones (excluding diaryl/α,β-unsaturated/α-hetero) is 1. The van der Waals surface area contributed by atoms with E-state index in [4.69, 9.17) is 14.2 Å². The summed E-state index contributed by atoms with van der Waals surface area (Å²) in [5, 5.41) is 3.27. The van der Waals surface area contributed by atoms with Crippen LogP contribution in [0.1, 0.15) is 44.6 Å². The first-order chi connectivity index (χ1) is 13.0. The highest BCUT2D eigenvalue weighted by Gasteiger charge is 2.40. The number of benzene rings is 1. The summed E-state index contributed by atoms with van der Waals surface area (Å²) in [5.41, 5.74) is 3.45. The Morgan fingerprint density at radius 3 is 2.67 bits per heavy atom. The van der Waals surface area contributed by atoms with Crippen molar-refractivity contribution in [1.82, 2.24) is 5.32 Å². The summed E-state index contributed by atoms with van der Waals surface area (Å²) in [7, 11) is 3.15. The van der Waals surface area contributed by atoms with Crippen LogP contribution in [0.5, 0.6) is 11.5 Å². The van der Waals surface area contributed by atoms with Crippen molar-refractivity contribution in [3.8, 4) is 11.5 Å². The summed E-state index contributed by atoms with van der Waals surface area (Å²) in [6.07, 6.45) is 2.06. The van der Waals surface area contributed by atoms with Crippen LogP contribution < -0.4 is 14.8 Å². The van der Waals surface area contributed by atoms with Gasteiger partial charge in [-0.2, -0.15) is 0 Å². The average molecular weight is 371 g/mol. The molecule has 0 amide bonds. The monoisotopic (exact) mass is 371 g/mol. The van der Waals surface area contributed by atoms with Crippen LogP contribution in [0.25, 0.3) is 0 Å². The number of rotatable bonds is 5. The van der Waals surface area contributed by atoms with Gasteiger partial charge >= 0.3 is 5.97 Å². The fraction of sp³-hybridized carbons (Fsp3) is 0.429. The number of esters is 1. The summed E-state index contributed by atoms with van der Waals surface area (Å²) in [5.74, 6) is 0.332. The normalized spacial score (nSPS) is 19.4. The molecule has 0 radical (unpaired) electrons. The Kier molecular flexibility index (Phi) is 5.54. The number of dihydropyridines is 1. The molecule has 0 spiro atoms. The van der Waals surface area contributed by atoms with Crippen molar-refractivity contribution in [3.63, 3.8) is 0 Å². The minimum Gasteiger partial charge on any atom is -0.497 e. The Labute approximate surface area is 159 Å². The SMILES string of the molecule is CCOC(=O)C1=C(C)NC2=C(C(=O)CCC2)[C@@H]1c1ccc(OC)cc1OC. The molecule has 27 heavy (non-hydrogen) atoms. The molecule has 3 rings (SSSR count). The van der Waals surface area contributed by atoms with E-state index >= 15 is 0 Å². The Bertz CT molecular complexity index is 837. The van der Waals surface area contributed by atoms with E-state index in [2.05, 4.69) is 5.32 Å². The molecule has 0 fully saturated rings. The van der Waals surface area contributed by atoms with Gasteiger partial charge in [-0.05, 0) is 32.8 Å². The molecule has 0 unspecified atom stereocenters. The summed E-state index contributed by atoms with van der Waals surface area (Å²) in [4.78, 5) is 25.6. The van der Waals surface area contributed by atoms with E-state index in [1.165, 1.54) is 0 Å². The molecule has 1 N–H and O–H groups in total. The van der Waals surface area contributed by atoms with Crippen LogP contribution in [0.4, 0.5) is 0 Å². The minimum atomic E-state index is -0.519. The van der Waals surface area contributed by atoms with Crippen molar-refractivity contribution in [2.24, 2.45) is 0 Å². The molecule has 1 aliphatic heterocycles. The van der Waals surface area contributed by atoms with E-state index in [1.807, 2.05) is 19.1 Å². The number of ketones is 1. The van der Waals surface area contributed by atoms with Gasteiger partial charge in [-0.1, -0.05) is 6.07 Å². The summed E-state index contributed by atoms with van der Waals surface area (Å²) < 4.78 is 16.2. The van der Waals surface area contributed by atoms with Gasteiger partial charge in [-0.15, -0.1) is 0 Å². The van der Waals surface area contributed by atoms with Gasteiger partial charge in [0.1, 0.15) is 11.5 Å². The first-order valence-electron chi connectivity index (χ1n) is 9.14. The summed E-state index contributed by atoms with van der Waals surface area (Å²) in [6.45, 7) is 3.88. The number of carbonyl (C=O) groups excluding carboxylic acids is 2. The van der Waals surface area contributed by atoms with E-state index in [0.29, 0.717) is 34.8 Å². The van der Waals surface area contributed by atoms with Crippen molar-refractivity contribution < 1.29 is 23.8 Å². The van der Waals surface area contributed by atoms with Crippen LogP contribution in [0.2, 0.25) is 0 Å². The van der Waals surface area contributed by atoms with E-state index in [-0.39, 0.29) is 12.4 Å². The second-order valence-corrected chi connectivity index (χ2v) is 6.59. The van der Waals surface area contributed by atoms with Crippen LogP contribution in [-0.2, 0) is 14.3 Å². The first kappa shape index (κ1) is 19.0. The van der Waals surface area contributed by atoms with Crippen LogP contribution in [0.15, 0.2) is 40.7 Å². The number of ether oxygens (including phenoxy) is 3. The zero-order chi connectivity index (χ0) is 19.6.